The number of halogens is 2. The number of likely N-dealkylation sites (N-methyl/N-ethyl adjacent to an activating group) is 4. The SMILES string of the molecule is CN1C(=O)/C(=C\c2[nH]c3c(c2CCC(=O)O)CCCC3)c2ccc(-c3ccccc3)cc21.Cc1[nH]c(/C=C2\C(=O)N(C)c3cc(-c4cccnc4)ccc32)c(C)c1CCCN(C)C.Cc1c[nH]c(/C=C2\C(=O)N(C)c3cc(Cl)ccc32)c1CCC(=O)O.Cc1ccc2c(c1)C(CC(=O)O)C/C2=C1/C(=O)N(C)c2ccccc21.Cn1c(O)c(N=Nc2ccc(S(C)(=O)=O)cc2)c2cc(Br)ccc21. The second kappa shape index (κ2) is 40.8. The van der Waals surface area contributed by atoms with E-state index in [1.54, 1.807) is 81.8 Å². The Labute approximate surface area is 803 Å². The maximum Gasteiger partial charge on any atom is 0.303 e. The lowest BCUT2D eigenvalue weighted by molar-refractivity contribution is -0.138. The van der Waals surface area contributed by atoms with Crippen LogP contribution in [0.4, 0.5) is 34.1 Å². The smallest absolute Gasteiger partial charge is 0.303 e. The maximum atomic E-state index is 13.2. The molecule has 13 aromatic rings. The van der Waals surface area contributed by atoms with Gasteiger partial charge >= 0.3 is 17.9 Å². The van der Waals surface area contributed by atoms with Crippen molar-refractivity contribution in [3.8, 4) is 28.1 Å². The molecule has 0 saturated heterocycles. The number of anilines is 4. The van der Waals surface area contributed by atoms with Crippen LogP contribution in [0.15, 0.2) is 220 Å². The van der Waals surface area contributed by atoms with E-state index >= 15 is 0 Å². The van der Waals surface area contributed by atoms with Crippen LogP contribution in [0.5, 0.6) is 5.88 Å². The van der Waals surface area contributed by atoms with Crippen LogP contribution in [-0.4, -0.2) is 155 Å². The average molecular weight is 1930 g/mol. The molecule has 8 aromatic carbocycles. The number of carbonyl (C=O) groups excluding carboxylic acids is 4. The van der Waals surface area contributed by atoms with E-state index in [1.807, 2.05) is 156 Å². The van der Waals surface area contributed by atoms with Gasteiger partial charge in [0.25, 0.3) is 23.6 Å². The quantitative estimate of drug-likeness (QED) is 0.0275. The molecule has 0 bridgehead atoms. The number of hydrogen-bond acceptors (Lipinski definition) is 14. The second-order valence-electron chi connectivity index (χ2n) is 35.2. The molecule has 0 radical (unpaired) electrons. The number of carbonyl (C=O) groups is 7. The van der Waals surface area contributed by atoms with Crippen LogP contribution in [0.25, 0.3) is 79.3 Å². The van der Waals surface area contributed by atoms with Crippen molar-refractivity contribution in [3.05, 3.63) is 311 Å². The number of aromatic amines is 3. The standard InChI is InChI=1S/C27H26N2O3.C26H30N4O.C21H19NO3.C18H17ClN2O3.C16H14BrN3O3S/c1-29-25-15-18(17-7-3-2-4-8-17)11-12-21(25)22(27(29)32)16-24-20(13-14-26(30)31)19-9-5-6-10-23(19)28-24;1-17-21(9-7-13-29(3)4)18(2)28-24(17)15-23-22-11-10-19(20-8-6-12-27-16-20)14-25(22)30(5)26(23)31;1-12-7-8-14-16(9-12)13(11-19(23)24)10-17(14)20-15-5-3-4-6-18(15)22(2)21(20)25;1-10-9-20-15(12(10)5-6-17(22)23)8-14-13-4-3-11(19)7-16(13)21(2)18(14)24;1-20-14-8-3-10(17)9-13(14)15(16(20)21)19-18-11-4-6-12(7-5-11)24(2,22)23/h2-4,7-8,11-12,15-16,28H,5-6,9-10,13-14H2,1H3,(H,30,31);6,8,10-12,14-16,28H,7,9,13H2,1-5H3;3-9,13H,10-11H2,1-2H3,(H,23,24);3-4,7-9,20H,5-6H2,1-2H3,(H,22,23);3-9,21H,1-2H3/b22-16-;23-15-;20-17-;14-8-;. The van der Waals surface area contributed by atoms with Gasteiger partial charge in [0, 0.05) is 144 Å². The number of nitrogens with one attached hydrogen (secondary N) is 3. The Balaban J connectivity index is 0.000000130. The molecule has 1 atom stereocenters. The normalized spacial score (nSPS) is 16.0. The van der Waals surface area contributed by atoms with Gasteiger partial charge in [-0.05, 0) is 276 Å². The third kappa shape index (κ3) is 20.5. The van der Waals surface area contributed by atoms with Gasteiger partial charge in [-0.15, -0.1) is 5.11 Å². The molecular formula is C108H106BrClN12O13S. The van der Waals surface area contributed by atoms with Gasteiger partial charge in [0.1, 0.15) is 0 Å². The molecule has 9 heterocycles. The summed E-state index contributed by atoms with van der Waals surface area (Å²) in [5, 5.41) is 47.3. The Morgan fingerprint density at radius 2 is 1.15 bits per heavy atom. The summed E-state index contributed by atoms with van der Waals surface area (Å²) >= 11 is 9.43. The first-order valence-corrected chi connectivity index (χ1v) is 47.9. The van der Waals surface area contributed by atoms with Crippen molar-refractivity contribution in [2.24, 2.45) is 17.3 Å². The number of aromatic nitrogens is 5. The van der Waals surface area contributed by atoms with Gasteiger partial charge in [-0.25, -0.2) is 8.42 Å². The Bertz CT molecular complexity index is 7220. The molecule has 0 saturated carbocycles. The third-order valence-electron chi connectivity index (χ3n) is 25.8. The summed E-state index contributed by atoms with van der Waals surface area (Å²) in [4.78, 5) is 109. The summed E-state index contributed by atoms with van der Waals surface area (Å²) in [5.74, 6) is -2.65. The van der Waals surface area contributed by atoms with Gasteiger partial charge in [0.15, 0.2) is 15.5 Å². The van der Waals surface area contributed by atoms with Crippen LogP contribution in [0.1, 0.15) is 152 Å². The first kappa shape index (κ1) is 96.2. The number of sulfone groups is 1. The monoisotopic (exact) mass is 1920 g/mol. The Hall–Kier alpha value is -14.4. The van der Waals surface area contributed by atoms with E-state index in [4.69, 9.17) is 16.7 Å². The lowest BCUT2D eigenvalue weighted by atomic mass is 9.92. The average Bonchev–Trinajstić information content (AvgIpc) is 1.59. The van der Waals surface area contributed by atoms with Crippen LogP contribution < -0.4 is 19.6 Å². The Morgan fingerprint density at radius 3 is 1.78 bits per heavy atom. The van der Waals surface area contributed by atoms with Crippen molar-refractivity contribution >= 4 is 170 Å². The molecule has 1 unspecified atom stereocenters. The first-order chi connectivity index (χ1) is 65.0. The second-order valence-corrected chi connectivity index (χ2v) is 38.6. The summed E-state index contributed by atoms with van der Waals surface area (Å²) in [6, 6.07) is 57.4. The summed E-state index contributed by atoms with van der Waals surface area (Å²) in [6.45, 7) is 9.27. The van der Waals surface area contributed by atoms with Crippen molar-refractivity contribution in [1.29, 1.82) is 0 Å². The molecule has 2 aliphatic carbocycles. The van der Waals surface area contributed by atoms with E-state index in [2.05, 4.69) is 121 Å². The fourth-order valence-electron chi connectivity index (χ4n) is 18.7. The number of fused-ring (bicyclic) bond motifs is 7. The molecular weight excluding hydrogens is 1820 g/mol. The molecule has 7 N–H and O–H groups in total. The van der Waals surface area contributed by atoms with Crippen LogP contribution in [0, 0.1) is 27.7 Å². The highest BCUT2D eigenvalue weighted by molar-refractivity contribution is 9.10. The summed E-state index contributed by atoms with van der Waals surface area (Å²) in [6.07, 6.45) is 20.4. The zero-order valence-electron chi connectivity index (χ0n) is 77.7. The Morgan fingerprint density at radius 1 is 0.574 bits per heavy atom. The number of pyridine rings is 1. The fraction of sp³-hybridized carbons (Fsp3) is 0.241. The number of carboxylic acids is 3. The van der Waals surface area contributed by atoms with Crippen LogP contribution in [-0.2, 0) is 82.6 Å². The summed E-state index contributed by atoms with van der Waals surface area (Å²) in [5.41, 5.74) is 31.8. The number of rotatable bonds is 20. The molecule has 28 heteroatoms. The lowest BCUT2D eigenvalue weighted by Gasteiger charge is -2.12. The number of benzene rings is 8. The zero-order valence-corrected chi connectivity index (χ0v) is 80.9. The van der Waals surface area contributed by atoms with Gasteiger partial charge in [-0.3, -0.25) is 38.5 Å². The summed E-state index contributed by atoms with van der Waals surface area (Å²) < 4.78 is 25.4. The summed E-state index contributed by atoms with van der Waals surface area (Å²) in [7, 11) is 9.85. The van der Waals surface area contributed by atoms with Crippen molar-refractivity contribution < 1.29 is 62.4 Å². The molecule has 6 aliphatic rings. The third-order valence-corrected chi connectivity index (χ3v) is 27.7. The molecule has 4 aliphatic heterocycles. The number of hydrogen-bond donors (Lipinski definition) is 7. The van der Waals surface area contributed by atoms with Crippen molar-refractivity contribution in [2.75, 3.05) is 74.7 Å². The van der Waals surface area contributed by atoms with E-state index in [1.165, 1.54) is 40.2 Å². The highest BCUT2D eigenvalue weighted by Gasteiger charge is 2.39. The molecule has 0 fully saturated rings. The molecule has 136 heavy (non-hydrogen) atoms. The predicted molar refractivity (Wildman–Crippen MR) is 542 cm³/mol. The number of aromatic hydroxyl groups is 1. The van der Waals surface area contributed by atoms with E-state index in [9.17, 15) is 57.3 Å². The topological polar surface area (TPSA) is 341 Å². The van der Waals surface area contributed by atoms with E-state index in [-0.39, 0.29) is 59.6 Å². The highest BCUT2D eigenvalue weighted by atomic mass is 79.9. The van der Waals surface area contributed by atoms with Crippen molar-refractivity contribution in [2.45, 2.75) is 116 Å². The van der Waals surface area contributed by atoms with Crippen molar-refractivity contribution in [1.82, 2.24) is 29.4 Å². The Kier molecular flexibility index (Phi) is 28.9. The number of H-pyrrole nitrogens is 3. The molecule has 25 nitrogen and oxygen atoms in total. The number of aryl methyl sites for hydroxylation is 5. The number of amides is 4. The molecule has 5 aromatic heterocycles. The van der Waals surface area contributed by atoms with Crippen LogP contribution in [0.3, 0.4) is 0 Å². The van der Waals surface area contributed by atoms with Crippen molar-refractivity contribution in [3.63, 3.8) is 0 Å². The molecule has 4 amide bonds. The lowest BCUT2D eigenvalue weighted by Crippen LogP contribution is -2.20. The van der Waals surface area contributed by atoms with Gasteiger partial charge in [-0.1, -0.05) is 136 Å². The highest BCUT2D eigenvalue weighted by Crippen LogP contribution is 2.51. The van der Waals surface area contributed by atoms with E-state index < -0.39 is 27.7 Å². The number of aliphatic carboxylic acids is 3. The molecule has 19 rings (SSSR count). The first-order valence-electron chi connectivity index (χ1n) is 44.8. The van der Waals surface area contributed by atoms with Gasteiger partial charge in [0.2, 0.25) is 5.88 Å². The number of allylic oxidation sites excluding steroid dienone is 1. The van der Waals surface area contributed by atoms with Crippen LogP contribution in [0.2, 0.25) is 5.02 Å². The maximum absolute atomic E-state index is 13.2. The van der Waals surface area contributed by atoms with Gasteiger partial charge in [-0.2, -0.15) is 5.11 Å². The predicted octanol–water partition coefficient (Wildman–Crippen LogP) is 21.6. The van der Waals surface area contributed by atoms with E-state index in [0.717, 1.165) is 201 Å². The minimum atomic E-state index is -3.24. The van der Waals surface area contributed by atoms with Gasteiger partial charge < -0.3 is 64.4 Å². The number of para-hydroxylation sites is 1. The minimum absolute atomic E-state index is 0.0135. The fourth-order valence-corrected chi connectivity index (χ4v) is 19.8. The largest absolute Gasteiger partial charge is 0.493 e. The number of nitrogens with zero attached hydrogens (tertiary/aromatic N) is 9. The zero-order chi connectivity index (χ0) is 97.0. The number of carboxylic acid groups (broad SMARTS) is 3. The van der Waals surface area contributed by atoms with Gasteiger partial charge in [0.05, 0.1) is 67.6 Å². The van der Waals surface area contributed by atoms with Crippen LogP contribution >= 0.6 is 27.5 Å². The van der Waals surface area contributed by atoms with E-state index in [0.29, 0.717) is 46.8 Å². The number of azo groups is 1. The molecule has 696 valence electrons. The minimum Gasteiger partial charge on any atom is -0.493 e. The molecule has 0 spiro atoms.